The second-order valence-electron chi connectivity index (χ2n) is 4.09. The molecule has 0 amide bonds. The number of aromatic carboxylic acids is 1. The fraction of sp³-hybridized carbons (Fsp3) is 0.500. The van der Waals surface area contributed by atoms with Gasteiger partial charge in [0.2, 0.25) is 0 Å². The first-order valence-corrected chi connectivity index (χ1v) is 5.99. The predicted octanol–water partition coefficient (Wildman–Crippen LogP) is 0.524. The third-order valence-electron chi connectivity index (χ3n) is 2.86. The van der Waals surface area contributed by atoms with Crippen molar-refractivity contribution in [3.8, 4) is 0 Å². The number of morpholine rings is 1. The van der Waals surface area contributed by atoms with E-state index in [1.807, 2.05) is 0 Å². The highest BCUT2D eigenvalue weighted by molar-refractivity contribution is 5.91. The van der Waals surface area contributed by atoms with Gasteiger partial charge in [0.15, 0.2) is 5.69 Å². The molecule has 2 heterocycles. The van der Waals surface area contributed by atoms with Gasteiger partial charge in [-0.15, -0.1) is 0 Å². The minimum absolute atomic E-state index is 0.0690. The number of carbonyl (C=O) groups is 1. The third-order valence-corrected chi connectivity index (χ3v) is 2.86. The van der Waals surface area contributed by atoms with Crippen LogP contribution in [0.25, 0.3) is 0 Å². The quantitative estimate of drug-likeness (QED) is 0.795. The maximum atomic E-state index is 11.0. The molecule has 2 rings (SSSR count). The van der Waals surface area contributed by atoms with Crippen LogP contribution < -0.4 is 5.32 Å². The Morgan fingerprint density at radius 2 is 2.28 bits per heavy atom. The zero-order chi connectivity index (χ0) is 12.8. The SMILES string of the molecule is O=C(O)c1ncccc1NCCN1CCOCC1. The topological polar surface area (TPSA) is 74.7 Å². The van der Waals surface area contributed by atoms with Gasteiger partial charge in [0.05, 0.1) is 18.9 Å². The summed E-state index contributed by atoms with van der Waals surface area (Å²) in [5.41, 5.74) is 0.637. The van der Waals surface area contributed by atoms with Crippen molar-refractivity contribution < 1.29 is 14.6 Å². The van der Waals surface area contributed by atoms with Crippen LogP contribution in [0.2, 0.25) is 0 Å². The number of nitrogens with one attached hydrogen (secondary N) is 1. The maximum Gasteiger partial charge on any atom is 0.356 e. The molecular weight excluding hydrogens is 234 g/mol. The van der Waals surface area contributed by atoms with E-state index in [-0.39, 0.29) is 5.69 Å². The normalized spacial score (nSPS) is 16.4. The van der Waals surface area contributed by atoms with Crippen molar-refractivity contribution in [1.82, 2.24) is 9.88 Å². The number of pyridine rings is 1. The van der Waals surface area contributed by atoms with Crippen LogP contribution in [0.15, 0.2) is 18.3 Å². The number of hydrogen-bond donors (Lipinski definition) is 2. The molecule has 1 saturated heterocycles. The molecule has 1 aliphatic rings. The molecule has 0 saturated carbocycles. The minimum Gasteiger partial charge on any atom is -0.476 e. The minimum atomic E-state index is -1.01. The molecule has 98 valence electrons. The highest BCUT2D eigenvalue weighted by Gasteiger charge is 2.12. The van der Waals surface area contributed by atoms with E-state index in [4.69, 9.17) is 9.84 Å². The first-order chi connectivity index (χ1) is 8.77. The van der Waals surface area contributed by atoms with Gasteiger partial charge in [-0.25, -0.2) is 9.78 Å². The number of nitrogens with zero attached hydrogens (tertiary/aromatic N) is 2. The molecular formula is C12H17N3O3. The molecule has 0 atom stereocenters. The molecule has 18 heavy (non-hydrogen) atoms. The van der Waals surface area contributed by atoms with Gasteiger partial charge in [0.25, 0.3) is 0 Å². The molecule has 6 heteroatoms. The standard InChI is InChI=1S/C12H17N3O3/c16-12(17)11-10(2-1-3-14-11)13-4-5-15-6-8-18-9-7-15/h1-3,13H,4-9H2,(H,16,17). The molecule has 0 aromatic carbocycles. The number of ether oxygens (including phenoxy) is 1. The predicted molar refractivity (Wildman–Crippen MR) is 66.9 cm³/mol. The summed E-state index contributed by atoms with van der Waals surface area (Å²) in [4.78, 5) is 17.1. The van der Waals surface area contributed by atoms with E-state index < -0.39 is 5.97 Å². The zero-order valence-electron chi connectivity index (χ0n) is 10.1. The van der Waals surface area contributed by atoms with Crippen LogP contribution in [0.1, 0.15) is 10.5 Å². The first kappa shape index (κ1) is 12.8. The van der Waals surface area contributed by atoms with Gasteiger partial charge in [-0.2, -0.15) is 0 Å². The summed E-state index contributed by atoms with van der Waals surface area (Å²) in [7, 11) is 0. The Bertz CT molecular complexity index is 405. The van der Waals surface area contributed by atoms with Gasteiger partial charge in [-0.05, 0) is 12.1 Å². The molecule has 2 N–H and O–H groups in total. The van der Waals surface area contributed by atoms with Crippen molar-refractivity contribution >= 4 is 11.7 Å². The molecule has 0 aliphatic carbocycles. The average Bonchev–Trinajstić information content (AvgIpc) is 2.40. The zero-order valence-corrected chi connectivity index (χ0v) is 10.1. The van der Waals surface area contributed by atoms with Gasteiger partial charge in [0, 0.05) is 32.4 Å². The van der Waals surface area contributed by atoms with Gasteiger partial charge in [-0.3, -0.25) is 4.90 Å². The Morgan fingerprint density at radius 1 is 1.50 bits per heavy atom. The summed E-state index contributed by atoms with van der Waals surface area (Å²) >= 11 is 0. The van der Waals surface area contributed by atoms with Crippen molar-refractivity contribution in [2.45, 2.75) is 0 Å². The van der Waals surface area contributed by atoms with Crippen molar-refractivity contribution in [2.24, 2.45) is 0 Å². The summed E-state index contributed by atoms with van der Waals surface area (Å²) in [6.45, 7) is 4.98. The Morgan fingerprint density at radius 3 is 3.00 bits per heavy atom. The van der Waals surface area contributed by atoms with Crippen LogP contribution in [0, 0.1) is 0 Å². The number of hydrogen-bond acceptors (Lipinski definition) is 5. The lowest BCUT2D eigenvalue weighted by Gasteiger charge is -2.26. The number of rotatable bonds is 5. The Balaban J connectivity index is 1.84. The van der Waals surface area contributed by atoms with E-state index in [9.17, 15) is 4.79 Å². The van der Waals surface area contributed by atoms with E-state index in [0.29, 0.717) is 12.2 Å². The fourth-order valence-corrected chi connectivity index (χ4v) is 1.89. The summed E-state index contributed by atoms with van der Waals surface area (Å²) in [6, 6.07) is 3.46. The molecule has 1 aliphatic heterocycles. The van der Waals surface area contributed by atoms with Gasteiger partial charge in [0.1, 0.15) is 0 Å². The average molecular weight is 251 g/mol. The molecule has 0 unspecified atom stereocenters. The van der Waals surface area contributed by atoms with Crippen LogP contribution in [0.3, 0.4) is 0 Å². The Labute approximate surface area is 106 Å². The van der Waals surface area contributed by atoms with E-state index >= 15 is 0 Å². The van der Waals surface area contributed by atoms with Crippen LogP contribution in [0.4, 0.5) is 5.69 Å². The molecule has 0 bridgehead atoms. The Kier molecular flexibility index (Phi) is 4.49. The summed E-state index contributed by atoms with van der Waals surface area (Å²) in [5.74, 6) is -1.01. The first-order valence-electron chi connectivity index (χ1n) is 5.99. The van der Waals surface area contributed by atoms with Crippen molar-refractivity contribution in [3.05, 3.63) is 24.0 Å². The smallest absolute Gasteiger partial charge is 0.356 e. The van der Waals surface area contributed by atoms with Crippen LogP contribution in [-0.4, -0.2) is 60.4 Å². The van der Waals surface area contributed by atoms with Crippen LogP contribution in [0.5, 0.6) is 0 Å². The number of carboxylic acid groups (broad SMARTS) is 1. The largest absolute Gasteiger partial charge is 0.476 e. The lowest BCUT2D eigenvalue weighted by molar-refractivity contribution is 0.0398. The second-order valence-corrected chi connectivity index (χ2v) is 4.09. The van der Waals surface area contributed by atoms with E-state index in [1.54, 1.807) is 12.1 Å². The van der Waals surface area contributed by atoms with E-state index in [1.165, 1.54) is 6.20 Å². The molecule has 0 spiro atoms. The Hall–Kier alpha value is -1.66. The second kappa shape index (κ2) is 6.32. The van der Waals surface area contributed by atoms with E-state index in [2.05, 4.69) is 15.2 Å². The molecule has 1 aromatic rings. The van der Waals surface area contributed by atoms with E-state index in [0.717, 1.165) is 32.8 Å². The van der Waals surface area contributed by atoms with Gasteiger partial charge >= 0.3 is 5.97 Å². The van der Waals surface area contributed by atoms with Gasteiger partial charge < -0.3 is 15.2 Å². The molecule has 1 fully saturated rings. The molecule has 1 aromatic heterocycles. The fourth-order valence-electron chi connectivity index (χ4n) is 1.89. The monoisotopic (exact) mass is 251 g/mol. The number of aromatic nitrogens is 1. The number of anilines is 1. The summed E-state index contributed by atoms with van der Waals surface area (Å²) in [6.07, 6.45) is 1.48. The summed E-state index contributed by atoms with van der Waals surface area (Å²) < 4.78 is 5.27. The van der Waals surface area contributed by atoms with Crippen molar-refractivity contribution in [3.63, 3.8) is 0 Å². The third kappa shape index (κ3) is 3.41. The molecule has 0 radical (unpaired) electrons. The highest BCUT2D eigenvalue weighted by Crippen LogP contribution is 2.11. The maximum absolute atomic E-state index is 11.0. The summed E-state index contributed by atoms with van der Waals surface area (Å²) in [5, 5.41) is 12.1. The van der Waals surface area contributed by atoms with Crippen LogP contribution >= 0.6 is 0 Å². The van der Waals surface area contributed by atoms with Gasteiger partial charge in [-0.1, -0.05) is 0 Å². The van der Waals surface area contributed by atoms with Crippen molar-refractivity contribution in [2.75, 3.05) is 44.7 Å². The number of carboxylic acids is 1. The van der Waals surface area contributed by atoms with Crippen molar-refractivity contribution in [1.29, 1.82) is 0 Å². The lowest BCUT2D eigenvalue weighted by Crippen LogP contribution is -2.39. The van der Waals surface area contributed by atoms with Crippen LogP contribution in [-0.2, 0) is 4.74 Å². The highest BCUT2D eigenvalue weighted by atomic mass is 16.5. The molecule has 6 nitrogen and oxygen atoms in total. The lowest BCUT2D eigenvalue weighted by atomic mass is 10.3.